The van der Waals surface area contributed by atoms with Crippen LogP contribution in [0.4, 0.5) is 4.39 Å². The molecule has 96 valence electrons. The Labute approximate surface area is 106 Å². The first-order valence-electron chi connectivity index (χ1n) is 6.48. The third-order valence-electron chi connectivity index (χ3n) is 3.96. The number of amides is 1. The molecule has 1 amide bonds. The van der Waals surface area contributed by atoms with Crippen LogP contribution in [0.1, 0.15) is 12.0 Å². The zero-order chi connectivity index (χ0) is 12.5. The maximum Gasteiger partial charge on any atom is 0.227 e. The van der Waals surface area contributed by atoms with E-state index < -0.39 is 0 Å². The topological polar surface area (TPSA) is 32.3 Å². The van der Waals surface area contributed by atoms with Crippen molar-refractivity contribution in [3.05, 3.63) is 35.6 Å². The lowest BCUT2D eigenvalue weighted by atomic mass is 10.1. The van der Waals surface area contributed by atoms with E-state index in [0.29, 0.717) is 18.4 Å². The molecular formula is C14H17FN2O. The smallest absolute Gasteiger partial charge is 0.227 e. The van der Waals surface area contributed by atoms with Gasteiger partial charge in [0.05, 0.1) is 6.42 Å². The largest absolute Gasteiger partial charge is 0.340 e. The van der Waals surface area contributed by atoms with Crippen LogP contribution in [-0.2, 0) is 11.2 Å². The van der Waals surface area contributed by atoms with Crippen molar-refractivity contribution < 1.29 is 9.18 Å². The van der Waals surface area contributed by atoms with Crippen molar-refractivity contribution in [2.24, 2.45) is 5.92 Å². The van der Waals surface area contributed by atoms with Gasteiger partial charge in [0, 0.05) is 19.1 Å². The molecule has 0 spiro atoms. The average Bonchev–Trinajstić information content (AvgIpc) is 2.88. The number of rotatable bonds is 2. The predicted octanol–water partition coefficient (Wildman–Crippen LogP) is 1.19. The molecule has 2 fully saturated rings. The summed E-state index contributed by atoms with van der Waals surface area (Å²) in [6, 6.07) is 6.76. The zero-order valence-electron chi connectivity index (χ0n) is 10.2. The Balaban J connectivity index is 1.62. The van der Waals surface area contributed by atoms with Crippen molar-refractivity contribution in [1.82, 2.24) is 10.2 Å². The molecule has 0 aliphatic carbocycles. The Kier molecular flexibility index (Phi) is 3.04. The van der Waals surface area contributed by atoms with Gasteiger partial charge in [-0.15, -0.1) is 0 Å². The van der Waals surface area contributed by atoms with Crippen LogP contribution in [0.25, 0.3) is 0 Å². The highest BCUT2D eigenvalue weighted by molar-refractivity contribution is 5.79. The minimum absolute atomic E-state index is 0.108. The number of benzene rings is 1. The van der Waals surface area contributed by atoms with Gasteiger partial charge in [-0.05, 0) is 36.6 Å². The Bertz CT molecular complexity index is 451. The second-order valence-corrected chi connectivity index (χ2v) is 5.21. The number of carbonyl (C=O) groups is 1. The van der Waals surface area contributed by atoms with Gasteiger partial charge in [0.15, 0.2) is 0 Å². The van der Waals surface area contributed by atoms with Crippen LogP contribution in [0.3, 0.4) is 0 Å². The van der Waals surface area contributed by atoms with E-state index in [4.69, 9.17) is 0 Å². The Hall–Kier alpha value is -1.42. The van der Waals surface area contributed by atoms with Crippen LogP contribution in [0.15, 0.2) is 24.3 Å². The van der Waals surface area contributed by atoms with Crippen molar-refractivity contribution >= 4 is 5.91 Å². The van der Waals surface area contributed by atoms with Gasteiger partial charge in [-0.2, -0.15) is 0 Å². The number of hydrogen-bond acceptors (Lipinski definition) is 2. The molecule has 4 heteroatoms. The summed E-state index contributed by atoms with van der Waals surface area (Å²) in [7, 11) is 0. The molecule has 0 bridgehead atoms. The molecule has 2 aliphatic heterocycles. The Morgan fingerprint density at radius 1 is 1.44 bits per heavy atom. The number of nitrogens with one attached hydrogen (secondary N) is 1. The van der Waals surface area contributed by atoms with E-state index in [2.05, 4.69) is 5.32 Å². The predicted molar refractivity (Wildman–Crippen MR) is 66.6 cm³/mol. The summed E-state index contributed by atoms with van der Waals surface area (Å²) in [4.78, 5) is 14.0. The summed E-state index contributed by atoms with van der Waals surface area (Å²) in [5.74, 6) is 0.443. The molecule has 2 heterocycles. The van der Waals surface area contributed by atoms with Gasteiger partial charge in [0.1, 0.15) is 5.82 Å². The number of carbonyl (C=O) groups excluding carboxylic acids is 1. The molecule has 1 N–H and O–H groups in total. The lowest BCUT2D eigenvalue weighted by Crippen LogP contribution is -2.34. The van der Waals surface area contributed by atoms with Crippen LogP contribution in [0.5, 0.6) is 0 Å². The molecule has 1 aromatic carbocycles. The first-order valence-corrected chi connectivity index (χ1v) is 6.48. The Morgan fingerprint density at radius 2 is 2.33 bits per heavy atom. The summed E-state index contributed by atoms with van der Waals surface area (Å²) in [5.41, 5.74) is 0.755. The summed E-state index contributed by atoms with van der Waals surface area (Å²) < 4.78 is 13.0. The summed E-state index contributed by atoms with van der Waals surface area (Å²) in [6.45, 7) is 2.73. The number of fused-ring (bicyclic) bond motifs is 1. The maximum absolute atomic E-state index is 13.0. The molecule has 3 rings (SSSR count). The summed E-state index contributed by atoms with van der Waals surface area (Å²) in [5, 5.41) is 3.42. The van der Waals surface area contributed by atoms with Crippen molar-refractivity contribution in [3.63, 3.8) is 0 Å². The second kappa shape index (κ2) is 4.69. The molecule has 2 saturated heterocycles. The summed E-state index contributed by atoms with van der Waals surface area (Å²) in [6.07, 6.45) is 1.46. The van der Waals surface area contributed by atoms with E-state index in [1.54, 1.807) is 12.1 Å². The molecule has 2 atom stereocenters. The van der Waals surface area contributed by atoms with Crippen molar-refractivity contribution in [3.8, 4) is 0 Å². The van der Waals surface area contributed by atoms with Gasteiger partial charge < -0.3 is 10.2 Å². The fraction of sp³-hybridized carbons (Fsp3) is 0.500. The van der Waals surface area contributed by atoms with Gasteiger partial charge in [-0.1, -0.05) is 12.1 Å². The van der Waals surface area contributed by atoms with Crippen LogP contribution in [0.2, 0.25) is 0 Å². The van der Waals surface area contributed by atoms with Gasteiger partial charge in [-0.3, -0.25) is 4.79 Å². The standard InChI is InChI=1S/C14H17FN2O/c15-12-3-1-2-10(6-12)7-14(18)17-8-11-4-5-16-13(11)9-17/h1-3,6,11,13,16H,4-5,7-9H2/t11-,13+/m0/s1. The highest BCUT2D eigenvalue weighted by atomic mass is 19.1. The first kappa shape index (κ1) is 11.7. The third-order valence-corrected chi connectivity index (χ3v) is 3.96. The summed E-state index contributed by atoms with van der Waals surface area (Å²) >= 11 is 0. The highest BCUT2D eigenvalue weighted by Gasteiger charge is 2.37. The number of halogens is 1. The molecule has 0 unspecified atom stereocenters. The number of hydrogen-bond donors (Lipinski definition) is 1. The number of nitrogens with zero attached hydrogens (tertiary/aromatic N) is 1. The molecular weight excluding hydrogens is 231 g/mol. The normalized spacial score (nSPS) is 26.4. The van der Waals surface area contributed by atoms with Crippen molar-refractivity contribution in [2.75, 3.05) is 19.6 Å². The third kappa shape index (κ3) is 2.25. The molecule has 1 aromatic rings. The fourth-order valence-electron chi connectivity index (χ4n) is 2.99. The Morgan fingerprint density at radius 3 is 3.11 bits per heavy atom. The van der Waals surface area contributed by atoms with Crippen molar-refractivity contribution in [1.29, 1.82) is 0 Å². The van der Waals surface area contributed by atoms with E-state index in [1.807, 2.05) is 4.90 Å². The number of likely N-dealkylation sites (tertiary alicyclic amines) is 1. The van der Waals surface area contributed by atoms with Gasteiger partial charge >= 0.3 is 0 Å². The van der Waals surface area contributed by atoms with E-state index >= 15 is 0 Å². The minimum atomic E-state index is -0.278. The van der Waals surface area contributed by atoms with E-state index in [1.165, 1.54) is 12.1 Å². The molecule has 18 heavy (non-hydrogen) atoms. The van der Waals surface area contributed by atoms with E-state index in [0.717, 1.165) is 31.6 Å². The van der Waals surface area contributed by atoms with Crippen LogP contribution in [-0.4, -0.2) is 36.5 Å². The minimum Gasteiger partial charge on any atom is -0.340 e. The maximum atomic E-state index is 13.0. The van der Waals surface area contributed by atoms with Crippen LogP contribution >= 0.6 is 0 Å². The lowest BCUT2D eigenvalue weighted by molar-refractivity contribution is -0.129. The van der Waals surface area contributed by atoms with Crippen LogP contribution < -0.4 is 5.32 Å². The SMILES string of the molecule is O=C(Cc1cccc(F)c1)N1C[C@@H]2CCN[C@@H]2C1. The van der Waals surface area contributed by atoms with Crippen molar-refractivity contribution in [2.45, 2.75) is 18.9 Å². The zero-order valence-corrected chi connectivity index (χ0v) is 10.2. The lowest BCUT2D eigenvalue weighted by Gasteiger charge is -2.17. The van der Waals surface area contributed by atoms with E-state index in [-0.39, 0.29) is 11.7 Å². The van der Waals surface area contributed by atoms with Gasteiger partial charge in [0.25, 0.3) is 0 Å². The molecule has 0 radical (unpaired) electrons. The monoisotopic (exact) mass is 248 g/mol. The fourth-order valence-corrected chi connectivity index (χ4v) is 2.99. The molecule has 0 saturated carbocycles. The average molecular weight is 248 g/mol. The van der Waals surface area contributed by atoms with Crippen LogP contribution in [0, 0.1) is 11.7 Å². The second-order valence-electron chi connectivity index (χ2n) is 5.21. The highest BCUT2D eigenvalue weighted by Crippen LogP contribution is 2.25. The first-order chi connectivity index (χ1) is 8.72. The van der Waals surface area contributed by atoms with Gasteiger partial charge in [0.2, 0.25) is 5.91 Å². The molecule has 3 nitrogen and oxygen atoms in total. The van der Waals surface area contributed by atoms with E-state index in [9.17, 15) is 9.18 Å². The quantitative estimate of drug-likeness (QED) is 0.852. The van der Waals surface area contributed by atoms with Gasteiger partial charge in [-0.25, -0.2) is 4.39 Å². The molecule has 0 aromatic heterocycles. The molecule has 2 aliphatic rings.